The fraction of sp³-hybridized carbons (Fsp3) is 0.455. The Balaban J connectivity index is 2.16. The topological polar surface area (TPSA) is 48.1 Å². The van der Waals surface area contributed by atoms with E-state index in [0.29, 0.717) is 5.95 Å². The Morgan fingerprint density at radius 1 is 1.31 bits per heavy atom. The van der Waals surface area contributed by atoms with Gasteiger partial charge in [-0.05, 0) is 18.9 Å². The molecule has 2 rings (SSSR count). The number of aromatic amines is 1. The normalized spacial score (nSPS) is 14.8. The first kappa shape index (κ1) is 10.7. The van der Waals surface area contributed by atoms with Crippen LogP contribution in [0.25, 0.3) is 0 Å². The SMILES string of the molecule is CN(C)c1n[nH]c(N(C)C2=CC=CCC2)n1. The van der Waals surface area contributed by atoms with Crippen molar-refractivity contribution in [1.29, 1.82) is 0 Å². The molecule has 1 aliphatic carbocycles. The van der Waals surface area contributed by atoms with E-state index in [1.54, 1.807) is 0 Å². The van der Waals surface area contributed by atoms with Gasteiger partial charge in [-0.15, -0.1) is 5.10 Å². The summed E-state index contributed by atoms with van der Waals surface area (Å²) in [4.78, 5) is 8.33. The van der Waals surface area contributed by atoms with Gasteiger partial charge in [0.1, 0.15) is 0 Å². The Labute approximate surface area is 95.5 Å². The highest BCUT2D eigenvalue weighted by atomic mass is 15.4. The van der Waals surface area contributed by atoms with Gasteiger partial charge in [-0.3, -0.25) is 0 Å². The van der Waals surface area contributed by atoms with E-state index in [-0.39, 0.29) is 0 Å². The molecule has 0 bridgehead atoms. The Bertz CT molecular complexity index is 416. The highest BCUT2D eigenvalue weighted by Crippen LogP contribution is 2.20. The summed E-state index contributed by atoms with van der Waals surface area (Å²) in [6.07, 6.45) is 8.50. The number of aromatic nitrogens is 3. The fourth-order valence-electron chi connectivity index (χ4n) is 1.60. The molecule has 1 aromatic heterocycles. The maximum Gasteiger partial charge on any atom is 0.245 e. The summed E-state index contributed by atoms with van der Waals surface area (Å²) >= 11 is 0. The van der Waals surface area contributed by atoms with Crippen LogP contribution in [0.2, 0.25) is 0 Å². The third-order valence-electron chi connectivity index (χ3n) is 2.60. The highest BCUT2D eigenvalue weighted by Gasteiger charge is 2.12. The third kappa shape index (κ3) is 2.08. The van der Waals surface area contributed by atoms with Crippen molar-refractivity contribution in [2.45, 2.75) is 12.8 Å². The largest absolute Gasteiger partial charge is 0.346 e. The molecule has 86 valence electrons. The van der Waals surface area contributed by atoms with E-state index in [2.05, 4.69) is 33.4 Å². The van der Waals surface area contributed by atoms with Gasteiger partial charge in [0.2, 0.25) is 11.9 Å². The van der Waals surface area contributed by atoms with Crippen LogP contribution < -0.4 is 9.80 Å². The molecule has 5 heteroatoms. The van der Waals surface area contributed by atoms with Crippen LogP contribution >= 0.6 is 0 Å². The number of nitrogens with one attached hydrogen (secondary N) is 1. The van der Waals surface area contributed by atoms with E-state index in [0.717, 1.165) is 18.8 Å². The smallest absolute Gasteiger partial charge is 0.245 e. The van der Waals surface area contributed by atoms with Gasteiger partial charge >= 0.3 is 0 Å². The summed E-state index contributed by atoms with van der Waals surface area (Å²) in [5, 5.41) is 7.08. The van der Waals surface area contributed by atoms with Crippen LogP contribution in [0.15, 0.2) is 23.9 Å². The number of hydrogen-bond acceptors (Lipinski definition) is 4. The van der Waals surface area contributed by atoms with Crippen molar-refractivity contribution in [3.05, 3.63) is 23.9 Å². The molecular formula is C11H17N5. The van der Waals surface area contributed by atoms with Crippen molar-refractivity contribution >= 4 is 11.9 Å². The number of H-pyrrole nitrogens is 1. The third-order valence-corrected chi connectivity index (χ3v) is 2.60. The lowest BCUT2D eigenvalue weighted by Crippen LogP contribution is -2.18. The highest BCUT2D eigenvalue weighted by molar-refractivity contribution is 5.44. The summed E-state index contributed by atoms with van der Waals surface area (Å²) in [5.74, 6) is 1.49. The molecule has 1 N–H and O–H groups in total. The van der Waals surface area contributed by atoms with Crippen molar-refractivity contribution in [2.24, 2.45) is 0 Å². The molecule has 0 aliphatic heterocycles. The van der Waals surface area contributed by atoms with Crippen LogP contribution in [0.3, 0.4) is 0 Å². The number of allylic oxidation sites excluding steroid dienone is 4. The summed E-state index contributed by atoms with van der Waals surface area (Å²) in [6.45, 7) is 0. The van der Waals surface area contributed by atoms with E-state index >= 15 is 0 Å². The van der Waals surface area contributed by atoms with Gasteiger partial charge in [-0.2, -0.15) is 4.98 Å². The molecule has 1 heterocycles. The monoisotopic (exact) mass is 219 g/mol. The quantitative estimate of drug-likeness (QED) is 0.837. The number of rotatable bonds is 3. The second-order valence-corrected chi connectivity index (χ2v) is 4.04. The number of anilines is 2. The standard InChI is InChI=1S/C11H17N5/c1-15(2)10-12-11(14-13-10)16(3)9-7-5-4-6-8-9/h4-5,7H,6,8H2,1-3H3,(H,12,13,14). The minimum Gasteiger partial charge on any atom is -0.346 e. The molecule has 0 radical (unpaired) electrons. The Hall–Kier alpha value is -1.78. The molecule has 0 atom stereocenters. The van der Waals surface area contributed by atoms with Gasteiger partial charge in [-0.25, -0.2) is 5.10 Å². The van der Waals surface area contributed by atoms with Crippen LogP contribution in [0.1, 0.15) is 12.8 Å². The molecule has 5 nitrogen and oxygen atoms in total. The molecular weight excluding hydrogens is 202 g/mol. The fourth-order valence-corrected chi connectivity index (χ4v) is 1.60. The molecule has 1 aromatic rings. The minimum absolute atomic E-state index is 0.703. The summed E-state index contributed by atoms with van der Waals surface area (Å²) in [7, 11) is 5.86. The second kappa shape index (κ2) is 4.38. The van der Waals surface area contributed by atoms with Crippen molar-refractivity contribution < 1.29 is 0 Å². The molecule has 0 saturated heterocycles. The van der Waals surface area contributed by atoms with Crippen molar-refractivity contribution in [1.82, 2.24) is 15.2 Å². The predicted octanol–water partition coefficient (Wildman–Crippen LogP) is 1.54. The first-order valence-corrected chi connectivity index (χ1v) is 5.37. The van der Waals surface area contributed by atoms with Crippen molar-refractivity contribution in [2.75, 3.05) is 30.9 Å². The Morgan fingerprint density at radius 2 is 2.12 bits per heavy atom. The summed E-state index contributed by atoms with van der Waals surface area (Å²) in [5.41, 5.74) is 1.25. The molecule has 16 heavy (non-hydrogen) atoms. The van der Waals surface area contributed by atoms with E-state index in [1.165, 1.54) is 5.70 Å². The number of hydrogen-bond donors (Lipinski definition) is 1. The molecule has 0 spiro atoms. The van der Waals surface area contributed by atoms with Gasteiger partial charge in [0, 0.05) is 26.8 Å². The second-order valence-electron chi connectivity index (χ2n) is 4.04. The average molecular weight is 219 g/mol. The van der Waals surface area contributed by atoms with E-state index in [1.807, 2.05) is 30.9 Å². The Morgan fingerprint density at radius 3 is 2.69 bits per heavy atom. The first-order valence-electron chi connectivity index (χ1n) is 5.37. The zero-order chi connectivity index (χ0) is 11.5. The van der Waals surface area contributed by atoms with Gasteiger partial charge in [0.15, 0.2) is 0 Å². The number of nitrogens with zero attached hydrogens (tertiary/aromatic N) is 4. The van der Waals surface area contributed by atoms with Crippen molar-refractivity contribution in [3.63, 3.8) is 0 Å². The van der Waals surface area contributed by atoms with E-state index in [9.17, 15) is 0 Å². The first-order chi connectivity index (χ1) is 7.68. The zero-order valence-corrected chi connectivity index (χ0v) is 9.94. The molecule has 0 unspecified atom stereocenters. The van der Waals surface area contributed by atoms with Gasteiger partial charge in [-0.1, -0.05) is 12.2 Å². The molecule has 1 aliphatic rings. The lowest BCUT2D eigenvalue weighted by Gasteiger charge is -2.20. The van der Waals surface area contributed by atoms with Gasteiger partial charge in [0.05, 0.1) is 0 Å². The molecule has 0 saturated carbocycles. The summed E-state index contributed by atoms with van der Waals surface area (Å²) < 4.78 is 0. The van der Waals surface area contributed by atoms with E-state index < -0.39 is 0 Å². The van der Waals surface area contributed by atoms with Crippen LogP contribution in [-0.4, -0.2) is 36.3 Å². The maximum atomic E-state index is 4.41. The van der Waals surface area contributed by atoms with Crippen molar-refractivity contribution in [3.8, 4) is 0 Å². The Kier molecular flexibility index (Phi) is 2.94. The van der Waals surface area contributed by atoms with Crippen LogP contribution in [-0.2, 0) is 0 Å². The molecule has 0 aromatic carbocycles. The average Bonchev–Trinajstić information content (AvgIpc) is 2.78. The minimum atomic E-state index is 0.703. The zero-order valence-electron chi connectivity index (χ0n) is 9.94. The lowest BCUT2D eigenvalue weighted by atomic mass is 10.1. The van der Waals surface area contributed by atoms with Gasteiger partial charge < -0.3 is 9.80 Å². The summed E-state index contributed by atoms with van der Waals surface area (Å²) in [6, 6.07) is 0. The lowest BCUT2D eigenvalue weighted by molar-refractivity contribution is 0.870. The molecule has 0 amide bonds. The van der Waals surface area contributed by atoms with Crippen LogP contribution in [0, 0.1) is 0 Å². The van der Waals surface area contributed by atoms with Crippen LogP contribution in [0.4, 0.5) is 11.9 Å². The molecule has 0 fully saturated rings. The van der Waals surface area contributed by atoms with Crippen LogP contribution in [0.5, 0.6) is 0 Å². The predicted molar refractivity (Wildman–Crippen MR) is 65.6 cm³/mol. The van der Waals surface area contributed by atoms with Gasteiger partial charge in [0.25, 0.3) is 0 Å². The van der Waals surface area contributed by atoms with E-state index in [4.69, 9.17) is 0 Å². The maximum absolute atomic E-state index is 4.41.